The third-order valence-electron chi connectivity index (χ3n) is 0.924. The zero-order chi connectivity index (χ0) is 5.86. The van der Waals surface area contributed by atoms with Gasteiger partial charge in [0.05, 0.1) is 0 Å². The number of halogens is 2. The summed E-state index contributed by atoms with van der Waals surface area (Å²) in [4.78, 5) is 0. The zero-order valence-corrected chi connectivity index (χ0v) is 7.88. The molecule has 0 amide bonds. The van der Waals surface area contributed by atoms with Crippen LogP contribution in [0.5, 0.6) is 0 Å². The van der Waals surface area contributed by atoms with E-state index >= 15 is 0 Å². The Morgan fingerprint density at radius 1 is 1.57 bits per heavy atom. The van der Waals surface area contributed by atoms with Crippen molar-refractivity contribution in [3.8, 4) is 0 Å². The second kappa shape index (κ2) is 4.06. The van der Waals surface area contributed by atoms with Gasteiger partial charge in [-0.15, -0.1) is 0 Å². The van der Waals surface area contributed by atoms with E-state index in [1.807, 2.05) is 0 Å². The quantitative estimate of drug-likeness (QED) is 0.605. The van der Waals surface area contributed by atoms with Gasteiger partial charge in [0, 0.05) is 0 Å². The zero-order valence-electron chi connectivity index (χ0n) is 4.49. The van der Waals surface area contributed by atoms with E-state index in [1.54, 1.807) is 0 Å². The Bertz CT molecular complexity index is 47.0. The maximum absolute atomic E-state index is 5.64. The van der Waals surface area contributed by atoms with Gasteiger partial charge in [-0.05, 0) is 0 Å². The number of hydrogen-bond donors (Lipinski definition) is 0. The summed E-state index contributed by atoms with van der Waals surface area (Å²) in [6, 6.07) is 0. The van der Waals surface area contributed by atoms with Gasteiger partial charge in [-0.2, -0.15) is 0 Å². The molecule has 3 heteroatoms. The van der Waals surface area contributed by atoms with Gasteiger partial charge < -0.3 is 0 Å². The van der Waals surface area contributed by atoms with Gasteiger partial charge in [0.2, 0.25) is 0 Å². The monoisotopic (exact) mass is 202 g/mol. The first-order valence-electron chi connectivity index (χ1n) is 2.29. The molecule has 0 radical (unpaired) electrons. The summed E-state index contributed by atoms with van der Waals surface area (Å²) in [5, 5.41) is 0. The summed E-state index contributed by atoms with van der Waals surface area (Å²) >= 11 is -1.38. The van der Waals surface area contributed by atoms with Crippen molar-refractivity contribution in [1.29, 1.82) is 0 Å². The van der Waals surface area contributed by atoms with Crippen LogP contribution in [0.2, 0.25) is 4.71 Å². The minimum atomic E-state index is -1.38. The molecule has 7 heavy (non-hydrogen) atoms. The van der Waals surface area contributed by atoms with E-state index in [4.69, 9.17) is 19.9 Å². The number of hydrogen-bond acceptors (Lipinski definition) is 0. The molecule has 0 rings (SSSR count). The molecule has 0 saturated carbocycles. The molecule has 0 aliphatic carbocycles. The van der Waals surface area contributed by atoms with Gasteiger partial charge in [0.25, 0.3) is 0 Å². The molecular weight excluding hydrogens is 194 g/mol. The van der Waals surface area contributed by atoms with Crippen molar-refractivity contribution >= 4 is 32.7 Å². The van der Waals surface area contributed by atoms with Crippen molar-refractivity contribution in [2.75, 3.05) is 0 Å². The molecule has 0 nitrogen and oxygen atoms in total. The maximum atomic E-state index is 5.64. The Kier molecular flexibility index (Phi) is 4.72. The number of rotatable bonds is 2. The van der Waals surface area contributed by atoms with Crippen molar-refractivity contribution in [2.24, 2.45) is 0 Å². The van der Waals surface area contributed by atoms with Crippen LogP contribution in [0.1, 0.15) is 20.3 Å². The van der Waals surface area contributed by atoms with Crippen molar-refractivity contribution in [3.05, 3.63) is 0 Å². The summed E-state index contributed by atoms with van der Waals surface area (Å²) in [5.74, 6) is 0. The molecule has 0 aliphatic heterocycles. The third kappa shape index (κ3) is 3.70. The van der Waals surface area contributed by atoms with E-state index in [0.717, 1.165) is 6.42 Å². The molecule has 0 N–H and O–H groups in total. The van der Waals surface area contributed by atoms with Gasteiger partial charge in [-0.3, -0.25) is 0 Å². The predicted octanol–water partition coefficient (Wildman–Crippen LogP) is 2.75. The van der Waals surface area contributed by atoms with Gasteiger partial charge in [0.1, 0.15) is 0 Å². The molecule has 0 saturated heterocycles. The van der Waals surface area contributed by atoms with Crippen molar-refractivity contribution < 1.29 is 0 Å². The summed E-state index contributed by atoms with van der Waals surface area (Å²) in [6.45, 7) is 4.21. The SMILES string of the molecule is CCC(C)[As](Cl)Cl. The van der Waals surface area contributed by atoms with Crippen LogP contribution in [0.25, 0.3) is 0 Å². The Morgan fingerprint density at radius 2 is 2.00 bits per heavy atom. The molecule has 0 aromatic heterocycles. The average Bonchev–Trinajstić information content (AvgIpc) is 1.65. The fourth-order valence-electron chi connectivity index (χ4n) is 0.138. The standard InChI is InChI=1S/C4H9AsCl2/c1-3-4(2)5(6)7/h4H,3H2,1-2H3. The molecule has 0 aromatic rings. The van der Waals surface area contributed by atoms with Crippen molar-refractivity contribution in [1.82, 2.24) is 0 Å². The molecule has 0 aromatic carbocycles. The Balaban J connectivity index is 3.14. The van der Waals surface area contributed by atoms with Gasteiger partial charge in [-0.1, -0.05) is 0 Å². The molecule has 1 unspecified atom stereocenters. The van der Waals surface area contributed by atoms with Crippen LogP contribution in [-0.4, -0.2) is 12.8 Å². The summed E-state index contributed by atoms with van der Waals surface area (Å²) in [6.07, 6.45) is 1.12. The minimum absolute atomic E-state index is 0.579. The second-order valence-corrected chi connectivity index (χ2v) is 9.14. The fourth-order valence-corrected chi connectivity index (χ4v) is 2.15. The topological polar surface area (TPSA) is 0 Å². The van der Waals surface area contributed by atoms with Crippen LogP contribution >= 0.6 is 19.9 Å². The molecule has 0 aliphatic rings. The van der Waals surface area contributed by atoms with Gasteiger partial charge >= 0.3 is 57.6 Å². The second-order valence-electron chi connectivity index (χ2n) is 1.52. The third-order valence-corrected chi connectivity index (χ3v) is 6.55. The van der Waals surface area contributed by atoms with E-state index < -0.39 is 12.8 Å². The first-order valence-corrected chi connectivity index (χ1v) is 8.30. The molecule has 1 atom stereocenters. The van der Waals surface area contributed by atoms with E-state index in [2.05, 4.69) is 13.8 Å². The van der Waals surface area contributed by atoms with E-state index in [0.29, 0.717) is 4.71 Å². The van der Waals surface area contributed by atoms with Crippen LogP contribution in [0.3, 0.4) is 0 Å². The van der Waals surface area contributed by atoms with Gasteiger partial charge in [-0.25, -0.2) is 0 Å². The molecular formula is C4H9AsCl2. The summed E-state index contributed by atoms with van der Waals surface area (Å²) < 4.78 is 0.579. The molecule has 0 spiro atoms. The Morgan fingerprint density at radius 3 is 2.00 bits per heavy atom. The van der Waals surface area contributed by atoms with E-state index in [1.165, 1.54) is 0 Å². The summed E-state index contributed by atoms with van der Waals surface area (Å²) in [5.41, 5.74) is 0. The summed E-state index contributed by atoms with van der Waals surface area (Å²) in [7, 11) is 11.3. The first-order chi connectivity index (χ1) is 3.18. The molecule has 0 fully saturated rings. The average molecular weight is 203 g/mol. The Hall–Kier alpha value is 1.14. The van der Waals surface area contributed by atoms with Crippen LogP contribution < -0.4 is 0 Å². The van der Waals surface area contributed by atoms with E-state index in [-0.39, 0.29) is 0 Å². The van der Waals surface area contributed by atoms with Crippen LogP contribution in [0, 0.1) is 0 Å². The molecule has 0 bridgehead atoms. The normalized spacial score (nSPS) is 15.0. The van der Waals surface area contributed by atoms with E-state index in [9.17, 15) is 0 Å². The van der Waals surface area contributed by atoms with Gasteiger partial charge in [0.15, 0.2) is 0 Å². The van der Waals surface area contributed by atoms with Crippen LogP contribution in [0.4, 0.5) is 0 Å². The molecule has 0 heterocycles. The van der Waals surface area contributed by atoms with Crippen LogP contribution in [0.15, 0.2) is 0 Å². The van der Waals surface area contributed by atoms with Crippen molar-refractivity contribution in [3.63, 3.8) is 0 Å². The predicted molar refractivity (Wildman–Crippen MR) is 37.2 cm³/mol. The molecule has 44 valence electrons. The van der Waals surface area contributed by atoms with Crippen molar-refractivity contribution in [2.45, 2.75) is 25.0 Å². The first kappa shape index (κ1) is 8.14. The Labute approximate surface area is 57.8 Å². The fraction of sp³-hybridized carbons (Fsp3) is 1.00. The van der Waals surface area contributed by atoms with Crippen LogP contribution in [-0.2, 0) is 0 Å².